The number of benzene rings is 1. The number of amides is 1. The monoisotopic (exact) mass is 293 g/mol. The summed E-state index contributed by atoms with van der Waals surface area (Å²) in [4.78, 5) is 22.5. The van der Waals surface area contributed by atoms with Crippen LogP contribution in [0.3, 0.4) is 0 Å². The van der Waals surface area contributed by atoms with Gasteiger partial charge in [-0.1, -0.05) is 0 Å². The van der Waals surface area contributed by atoms with Gasteiger partial charge >= 0.3 is 0 Å². The van der Waals surface area contributed by atoms with Crippen molar-refractivity contribution < 1.29 is 14.5 Å². The normalized spacial score (nSPS) is 17.5. The number of anilines is 1. The number of nitro benzene ring substituents is 1. The van der Waals surface area contributed by atoms with Gasteiger partial charge in [-0.2, -0.15) is 0 Å². The van der Waals surface area contributed by atoms with Crippen molar-refractivity contribution in [1.82, 2.24) is 5.32 Å². The molecule has 2 N–H and O–H groups in total. The summed E-state index contributed by atoms with van der Waals surface area (Å²) in [5.41, 5.74) is 0.717. The van der Waals surface area contributed by atoms with Gasteiger partial charge in [0, 0.05) is 31.3 Å². The van der Waals surface area contributed by atoms with Crippen molar-refractivity contribution in [2.75, 3.05) is 25.0 Å². The summed E-state index contributed by atoms with van der Waals surface area (Å²) in [5, 5.41) is 16.6. The Morgan fingerprint density at radius 3 is 2.95 bits per heavy atom. The second-order valence-electron chi connectivity index (χ2n) is 4.86. The molecule has 1 heterocycles. The first-order valence-electron chi connectivity index (χ1n) is 7.04. The Kier molecular flexibility index (Phi) is 5.10. The third-order valence-electron chi connectivity index (χ3n) is 3.34. The van der Waals surface area contributed by atoms with Crippen LogP contribution in [0.2, 0.25) is 0 Å². The third-order valence-corrected chi connectivity index (χ3v) is 3.34. The molecule has 1 amide bonds. The van der Waals surface area contributed by atoms with Crippen LogP contribution in [0.5, 0.6) is 0 Å². The summed E-state index contributed by atoms with van der Waals surface area (Å²) in [6.07, 6.45) is 2.03. The molecule has 114 valence electrons. The number of carbonyl (C=O) groups is 1. The Morgan fingerprint density at radius 2 is 2.33 bits per heavy atom. The van der Waals surface area contributed by atoms with Gasteiger partial charge in [-0.3, -0.25) is 14.9 Å². The van der Waals surface area contributed by atoms with Gasteiger partial charge in [-0.25, -0.2) is 0 Å². The van der Waals surface area contributed by atoms with Crippen molar-refractivity contribution in [1.29, 1.82) is 0 Å². The van der Waals surface area contributed by atoms with E-state index in [2.05, 4.69) is 10.6 Å². The predicted molar refractivity (Wildman–Crippen MR) is 78.6 cm³/mol. The van der Waals surface area contributed by atoms with Crippen molar-refractivity contribution in [2.24, 2.45) is 0 Å². The second kappa shape index (κ2) is 7.03. The van der Waals surface area contributed by atoms with Crippen molar-refractivity contribution in [3.8, 4) is 0 Å². The Labute approximate surface area is 122 Å². The lowest BCUT2D eigenvalue weighted by molar-refractivity contribution is -0.384. The maximum absolute atomic E-state index is 12.1. The number of hydrogen-bond acceptors (Lipinski definition) is 5. The van der Waals surface area contributed by atoms with Crippen molar-refractivity contribution in [3.05, 3.63) is 33.9 Å². The van der Waals surface area contributed by atoms with Crippen molar-refractivity contribution >= 4 is 17.3 Å². The van der Waals surface area contributed by atoms with Gasteiger partial charge in [-0.05, 0) is 31.9 Å². The molecular formula is C14H19N3O4. The van der Waals surface area contributed by atoms with Crippen LogP contribution in [0.1, 0.15) is 30.1 Å². The highest BCUT2D eigenvalue weighted by atomic mass is 16.6. The lowest BCUT2D eigenvalue weighted by Gasteiger charge is -2.11. The van der Waals surface area contributed by atoms with E-state index in [0.29, 0.717) is 24.3 Å². The van der Waals surface area contributed by atoms with Gasteiger partial charge in [0.15, 0.2) is 0 Å². The SMILES string of the molecule is CCNc1cc(C(=O)NCC2CCCO2)ccc1[N+](=O)[O-]. The van der Waals surface area contributed by atoms with E-state index in [0.717, 1.165) is 19.4 Å². The first-order chi connectivity index (χ1) is 10.1. The number of nitro groups is 1. The number of hydrogen-bond donors (Lipinski definition) is 2. The van der Waals surface area contributed by atoms with E-state index in [4.69, 9.17) is 4.74 Å². The molecule has 0 aromatic heterocycles. The van der Waals surface area contributed by atoms with E-state index in [1.54, 1.807) is 0 Å². The van der Waals surface area contributed by atoms with Crippen LogP contribution < -0.4 is 10.6 Å². The van der Waals surface area contributed by atoms with Crippen LogP contribution >= 0.6 is 0 Å². The van der Waals surface area contributed by atoms with Crippen LogP contribution in [0.4, 0.5) is 11.4 Å². The molecule has 1 aromatic carbocycles. The molecular weight excluding hydrogens is 274 g/mol. The fourth-order valence-electron chi connectivity index (χ4n) is 2.28. The molecule has 0 bridgehead atoms. The summed E-state index contributed by atoms with van der Waals surface area (Å²) in [6, 6.07) is 4.31. The molecule has 1 aliphatic heterocycles. The average molecular weight is 293 g/mol. The van der Waals surface area contributed by atoms with Crippen molar-refractivity contribution in [2.45, 2.75) is 25.9 Å². The van der Waals surface area contributed by atoms with E-state index in [-0.39, 0.29) is 17.7 Å². The maximum atomic E-state index is 12.1. The Hall–Kier alpha value is -2.15. The van der Waals surface area contributed by atoms with Crippen LogP contribution in [-0.2, 0) is 4.74 Å². The fourth-order valence-corrected chi connectivity index (χ4v) is 2.28. The third kappa shape index (κ3) is 3.91. The van der Waals surface area contributed by atoms with Crippen LogP contribution in [0.25, 0.3) is 0 Å². The first-order valence-corrected chi connectivity index (χ1v) is 7.04. The summed E-state index contributed by atoms with van der Waals surface area (Å²) in [6.45, 7) is 3.59. The van der Waals surface area contributed by atoms with E-state index < -0.39 is 4.92 Å². The minimum Gasteiger partial charge on any atom is -0.380 e. The van der Waals surface area contributed by atoms with Crippen LogP contribution in [-0.4, -0.2) is 36.6 Å². The lowest BCUT2D eigenvalue weighted by atomic mass is 10.1. The smallest absolute Gasteiger partial charge is 0.292 e. The van der Waals surface area contributed by atoms with Gasteiger partial charge in [-0.15, -0.1) is 0 Å². The number of ether oxygens (including phenoxy) is 1. The molecule has 7 heteroatoms. The predicted octanol–water partition coefficient (Wildman–Crippen LogP) is 1.94. The Bertz CT molecular complexity index is 527. The standard InChI is InChI=1S/C14H19N3O4/c1-2-15-12-8-10(5-6-13(12)17(19)20)14(18)16-9-11-4-3-7-21-11/h5-6,8,11,15H,2-4,7,9H2,1H3,(H,16,18). The zero-order valence-corrected chi connectivity index (χ0v) is 11.9. The highest BCUT2D eigenvalue weighted by Crippen LogP contribution is 2.25. The Balaban J connectivity index is 2.05. The molecule has 1 fully saturated rings. The number of rotatable bonds is 6. The molecule has 1 atom stereocenters. The topological polar surface area (TPSA) is 93.5 Å². The van der Waals surface area contributed by atoms with Gasteiger partial charge in [0.1, 0.15) is 5.69 Å². The molecule has 0 aliphatic carbocycles. The quantitative estimate of drug-likeness (QED) is 0.617. The maximum Gasteiger partial charge on any atom is 0.292 e. The van der Waals surface area contributed by atoms with Crippen molar-refractivity contribution in [3.63, 3.8) is 0 Å². The Morgan fingerprint density at radius 1 is 1.52 bits per heavy atom. The number of nitrogens with one attached hydrogen (secondary N) is 2. The summed E-state index contributed by atoms with van der Waals surface area (Å²) in [7, 11) is 0. The van der Waals surface area contributed by atoms with E-state index in [1.165, 1.54) is 18.2 Å². The zero-order valence-electron chi connectivity index (χ0n) is 11.9. The van der Waals surface area contributed by atoms with Gasteiger partial charge in [0.2, 0.25) is 0 Å². The molecule has 1 aliphatic rings. The minimum atomic E-state index is -0.466. The molecule has 1 unspecified atom stereocenters. The first kappa shape index (κ1) is 15.2. The zero-order chi connectivity index (χ0) is 15.2. The van der Waals surface area contributed by atoms with E-state index >= 15 is 0 Å². The molecule has 1 saturated heterocycles. The second-order valence-corrected chi connectivity index (χ2v) is 4.86. The lowest BCUT2D eigenvalue weighted by Crippen LogP contribution is -2.31. The summed E-state index contributed by atoms with van der Waals surface area (Å²) in [5.74, 6) is -0.250. The van der Waals surface area contributed by atoms with Gasteiger partial charge < -0.3 is 15.4 Å². The van der Waals surface area contributed by atoms with Crippen LogP contribution in [0.15, 0.2) is 18.2 Å². The van der Waals surface area contributed by atoms with Crippen LogP contribution in [0, 0.1) is 10.1 Å². The van der Waals surface area contributed by atoms with E-state index in [9.17, 15) is 14.9 Å². The molecule has 21 heavy (non-hydrogen) atoms. The number of carbonyl (C=O) groups excluding carboxylic acids is 1. The largest absolute Gasteiger partial charge is 0.380 e. The molecule has 0 saturated carbocycles. The highest BCUT2D eigenvalue weighted by Gasteiger charge is 2.19. The highest BCUT2D eigenvalue weighted by molar-refractivity contribution is 5.95. The fraction of sp³-hybridized carbons (Fsp3) is 0.500. The molecule has 7 nitrogen and oxygen atoms in total. The van der Waals surface area contributed by atoms with Gasteiger partial charge in [0.05, 0.1) is 11.0 Å². The average Bonchev–Trinajstić information content (AvgIpc) is 2.98. The minimum absolute atomic E-state index is 0.0347. The molecule has 1 aromatic rings. The molecule has 0 spiro atoms. The van der Waals surface area contributed by atoms with E-state index in [1.807, 2.05) is 6.92 Å². The number of nitrogens with zero attached hydrogens (tertiary/aromatic N) is 1. The summed E-state index contributed by atoms with van der Waals surface area (Å²) < 4.78 is 5.44. The molecule has 2 rings (SSSR count). The summed E-state index contributed by atoms with van der Waals surface area (Å²) >= 11 is 0. The van der Waals surface area contributed by atoms with Gasteiger partial charge in [0.25, 0.3) is 11.6 Å². The molecule has 0 radical (unpaired) electrons.